The molecule has 0 aliphatic carbocycles. The van der Waals surface area contributed by atoms with Gasteiger partial charge < -0.3 is 14.8 Å². The van der Waals surface area contributed by atoms with Gasteiger partial charge in [0.1, 0.15) is 11.5 Å². The van der Waals surface area contributed by atoms with E-state index >= 15 is 0 Å². The Morgan fingerprint density at radius 3 is 2.45 bits per heavy atom. The summed E-state index contributed by atoms with van der Waals surface area (Å²) >= 11 is 3.38. The van der Waals surface area contributed by atoms with Gasteiger partial charge in [0.05, 0.1) is 24.5 Å². The van der Waals surface area contributed by atoms with Crippen LogP contribution in [0.4, 0.5) is 5.69 Å². The molecule has 1 N–H and O–H groups in total. The van der Waals surface area contributed by atoms with Gasteiger partial charge in [-0.1, -0.05) is 28.1 Å². The highest BCUT2D eigenvalue weighted by Gasteiger charge is 2.15. The van der Waals surface area contributed by atoms with Crippen LogP contribution >= 0.6 is 15.9 Å². The van der Waals surface area contributed by atoms with Crippen molar-refractivity contribution in [2.45, 2.75) is 13.8 Å². The van der Waals surface area contributed by atoms with E-state index in [0.29, 0.717) is 36.0 Å². The maximum Gasteiger partial charge on any atom is 0.259 e. The van der Waals surface area contributed by atoms with Crippen molar-refractivity contribution in [1.82, 2.24) is 0 Å². The number of anilines is 1. The molecule has 5 heteroatoms. The lowest BCUT2D eigenvalue weighted by Crippen LogP contribution is -2.14. The molecule has 0 aliphatic heterocycles. The summed E-state index contributed by atoms with van der Waals surface area (Å²) in [5, 5.41) is 2.87. The molecule has 0 fully saturated rings. The number of halogens is 1. The highest BCUT2D eigenvalue weighted by Crippen LogP contribution is 2.27. The van der Waals surface area contributed by atoms with Crippen LogP contribution in [-0.2, 0) is 0 Å². The van der Waals surface area contributed by atoms with E-state index in [2.05, 4.69) is 21.2 Å². The summed E-state index contributed by atoms with van der Waals surface area (Å²) in [6.07, 6.45) is 0. The molecule has 0 aliphatic rings. The number of hydrogen-bond donors (Lipinski definition) is 1. The Hall–Kier alpha value is -2.01. The largest absolute Gasteiger partial charge is 0.493 e. The van der Waals surface area contributed by atoms with Gasteiger partial charge in [0.25, 0.3) is 5.91 Å². The number of para-hydroxylation sites is 2. The average molecular weight is 364 g/mol. The fourth-order valence-corrected chi connectivity index (χ4v) is 2.36. The van der Waals surface area contributed by atoms with Crippen LogP contribution in [0.1, 0.15) is 24.2 Å². The molecule has 0 spiro atoms. The molecule has 0 aromatic heterocycles. The van der Waals surface area contributed by atoms with Crippen LogP contribution in [0.15, 0.2) is 46.9 Å². The molecule has 4 nitrogen and oxygen atoms in total. The molecule has 0 saturated carbocycles. The fourth-order valence-electron chi connectivity index (χ4n) is 2.00. The highest BCUT2D eigenvalue weighted by molar-refractivity contribution is 9.10. The molecule has 2 rings (SSSR count). The summed E-state index contributed by atoms with van der Waals surface area (Å²) in [5.74, 6) is 0.959. The van der Waals surface area contributed by atoms with E-state index in [1.807, 2.05) is 38.1 Å². The maximum absolute atomic E-state index is 12.6. The monoisotopic (exact) mass is 363 g/mol. The van der Waals surface area contributed by atoms with E-state index in [1.54, 1.807) is 18.2 Å². The number of nitrogens with one attached hydrogen (secondary N) is 1. The molecule has 0 radical (unpaired) electrons. The molecule has 0 saturated heterocycles. The Bertz CT molecular complexity index is 658. The zero-order valence-electron chi connectivity index (χ0n) is 12.6. The lowest BCUT2D eigenvalue weighted by molar-refractivity contribution is 0.102. The first-order valence-electron chi connectivity index (χ1n) is 7.11. The third kappa shape index (κ3) is 4.01. The number of rotatable bonds is 6. The van der Waals surface area contributed by atoms with Crippen LogP contribution in [0.3, 0.4) is 0 Å². The van der Waals surface area contributed by atoms with Gasteiger partial charge in [-0.15, -0.1) is 0 Å². The van der Waals surface area contributed by atoms with Crippen LogP contribution in [0.5, 0.6) is 11.5 Å². The third-order valence-electron chi connectivity index (χ3n) is 2.92. The average Bonchev–Trinajstić information content (AvgIpc) is 2.51. The molecule has 0 bridgehead atoms. The Balaban J connectivity index is 2.28. The number of carbonyl (C=O) groups is 1. The molecule has 0 heterocycles. The van der Waals surface area contributed by atoms with Crippen molar-refractivity contribution in [3.05, 3.63) is 52.5 Å². The lowest BCUT2D eigenvalue weighted by atomic mass is 10.1. The molecule has 2 aromatic rings. The minimum atomic E-state index is -0.239. The van der Waals surface area contributed by atoms with E-state index in [9.17, 15) is 4.79 Å². The SMILES string of the molecule is CCOc1ccccc1NC(=O)c1cc(Br)ccc1OCC. The second-order valence-corrected chi connectivity index (χ2v) is 5.37. The van der Waals surface area contributed by atoms with Crippen molar-refractivity contribution in [2.75, 3.05) is 18.5 Å². The van der Waals surface area contributed by atoms with Gasteiger partial charge in [0.15, 0.2) is 0 Å². The number of amides is 1. The molecule has 2 aromatic carbocycles. The van der Waals surface area contributed by atoms with E-state index in [-0.39, 0.29) is 5.91 Å². The van der Waals surface area contributed by atoms with Crippen molar-refractivity contribution < 1.29 is 14.3 Å². The molecule has 1 amide bonds. The van der Waals surface area contributed by atoms with E-state index in [0.717, 1.165) is 4.47 Å². The summed E-state index contributed by atoms with van der Waals surface area (Å²) in [5.41, 5.74) is 1.11. The molecular weight excluding hydrogens is 346 g/mol. The Labute approximate surface area is 138 Å². The van der Waals surface area contributed by atoms with Crippen molar-refractivity contribution in [3.63, 3.8) is 0 Å². The van der Waals surface area contributed by atoms with Crippen LogP contribution in [-0.4, -0.2) is 19.1 Å². The van der Waals surface area contributed by atoms with Gasteiger partial charge in [-0.25, -0.2) is 0 Å². The number of ether oxygens (including phenoxy) is 2. The Kier molecular flexibility index (Phi) is 5.83. The van der Waals surface area contributed by atoms with Gasteiger partial charge in [-0.05, 0) is 44.2 Å². The second-order valence-electron chi connectivity index (χ2n) is 4.46. The third-order valence-corrected chi connectivity index (χ3v) is 3.41. The quantitative estimate of drug-likeness (QED) is 0.821. The number of benzene rings is 2. The minimum Gasteiger partial charge on any atom is -0.493 e. The fraction of sp³-hybridized carbons (Fsp3) is 0.235. The smallest absolute Gasteiger partial charge is 0.259 e. The first kappa shape index (κ1) is 16.4. The van der Waals surface area contributed by atoms with E-state index < -0.39 is 0 Å². The van der Waals surface area contributed by atoms with Gasteiger partial charge >= 0.3 is 0 Å². The summed E-state index contributed by atoms with van der Waals surface area (Å²) in [7, 11) is 0. The van der Waals surface area contributed by atoms with Crippen LogP contribution < -0.4 is 14.8 Å². The first-order chi connectivity index (χ1) is 10.7. The summed E-state index contributed by atoms with van der Waals surface area (Å²) < 4.78 is 11.9. The zero-order chi connectivity index (χ0) is 15.9. The number of hydrogen-bond acceptors (Lipinski definition) is 3. The van der Waals surface area contributed by atoms with Crippen LogP contribution in [0, 0.1) is 0 Å². The minimum absolute atomic E-state index is 0.239. The summed E-state index contributed by atoms with van der Waals surface area (Å²) in [6.45, 7) is 4.82. The lowest BCUT2D eigenvalue weighted by Gasteiger charge is -2.13. The van der Waals surface area contributed by atoms with Crippen molar-refractivity contribution in [1.29, 1.82) is 0 Å². The first-order valence-corrected chi connectivity index (χ1v) is 7.90. The van der Waals surface area contributed by atoms with Crippen molar-refractivity contribution >= 4 is 27.5 Å². The Morgan fingerprint density at radius 2 is 1.73 bits per heavy atom. The number of carbonyl (C=O) groups excluding carboxylic acids is 1. The highest BCUT2D eigenvalue weighted by atomic mass is 79.9. The van der Waals surface area contributed by atoms with Gasteiger partial charge in [-0.3, -0.25) is 4.79 Å². The molecule has 22 heavy (non-hydrogen) atoms. The molecule has 0 atom stereocenters. The van der Waals surface area contributed by atoms with E-state index in [1.165, 1.54) is 0 Å². The predicted octanol–water partition coefficient (Wildman–Crippen LogP) is 4.50. The van der Waals surface area contributed by atoms with Crippen LogP contribution in [0.2, 0.25) is 0 Å². The van der Waals surface area contributed by atoms with Gasteiger partial charge in [-0.2, -0.15) is 0 Å². The van der Waals surface area contributed by atoms with Crippen LogP contribution in [0.25, 0.3) is 0 Å². The zero-order valence-corrected chi connectivity index (χ0v) is 14.1. The van der Waals surface area contributed by atoms with Crippen molar-refractivity contribution in [3.8, 4) is 11.5 Å². The van der Waals surface area contributed by atoms with Gasteiger partial charge in [0.2, 0.25) is 0 Å². The summed E-state index contributed by atoms with van der Waals surface area (Å²) in [4.78, 5) is 12.6. The predicted molar refractivity (Wildman–Crippen MR) is 90.9 cm³/mol. The topological polar surface area (TPSA) is 47.6 Å². The molecular formula is C17H18BrNO3. The molecule has 116 valence electrons. The summed E-state index contributed by atoms with van der Waals surface area (Å²) in [6, 6.07) is 12.7. The molecule has 0 unspecified atom stereocenters. The van der Waals surface area contributed by atoms with Gasteiger partial charge in [0, 0.05) is 4.47 Å². The van der Waals surface area contributed by atoms with E-state index in [4.69, 9.17) is 9.47 Å². The van der Waals surface area contributed by atoms with Crippen molar-refractivity contribution in [2.24, 2.45) is 0 Å². The maximum atomic E-state index is 12.6. The Morgan fingerprint density at radius 1 is 1.05 bits per heavy atom. The second kappa shape index (κ2) is 7.84. The standard InChI is InChI=1S/C17H18BrNO3/c1-3-21-15-10-9-12(18)11-13(15)17(20)19-14-7-5-6-8-16(14)22-4-2/h5-11H,3-4H2,1-2H3,(H,19,20). The normalized spacial score (nSPS) is 10.1.